The van der Waals surface area contributed by atoms with Gasteiger partial charge in [-0.15, -0.1) is 0 Å². The Bertz CT molecular complexity index is 1290. The summed E-state index contributed by atoms with van der Waals surface area (Å²) in [6.45, 7) is 2.50. The Morgan fingerprint density at radius 3 is 2.45 bits per heavy atom. The molecule has 0 saturated carbocycles. The summed E-state index contributed by atoms with van der Waals surface area (Å²) in [5.41, 5.74) is 5.83. The molecule has 0 spiro atoms. The fourth-order valence-electron chi connectivity index (χ4n) is 3.50. The molecule has 8 heteroatoms. The second kappa shape index (κ2) is 8.83. The summed E-state index contributed by atoms with van der Waals surface area (Å²) in [5.74, 6) is -1.07. The van der Waals surface area contributed by atoms with Gasteiger partial charge in [-0.25, -0.2) is 4.68 Å². The first kappa shape index (κ1) is 20.3. The highest BCUT2D eigenvalue weighted by Gasteiger charge is 2.18. The molecule has 158 valence electrons. The summed E-state index contributed by atoms with van der Waals surface area (Å²) in [4.78, 5) is 41.1. The average molecular weight is 417 g/mol. The number of nitrogens with zero attached hydrogens (tertiary/aromatic N) is 2. The molecule has 0 aliphatic heterocycles. The zero-order chi connectivity index (χ0) is 21.8. The maximum absolute atomic E-state index is 12.8. The third kappa shape index (κ3) is 4.18. The summed E-state index contributed by atoms with van der Waals surface area (Å²) < 4.78 is 1.33. The Hall–Kier alpha value is -3.94. The lowest BCUT2D eigenvalue weighted by atomic mass is 10.1. The Morgan fingerprint density at radius 1 is 0.968 bits per heavy atom. The van der Waals surface area contributed by atoms with Crippen LogP contribution >= 0.6 is 0 Å². The number of hydrazine groups is 1. The monoisotopic (exact) mass is 417 g/mol. The first-order chi connectivity index (χ1) is 15.1. The molecule has 0 atom stereocenters. The first-order valence-corrected chi connectivity index (χ1v) is 10.3. The average Bonchev–Trinajstić information content (AvgIpc) is 3.23. The number of aromatic amines is 1. The van der Waals surface area contributed by atoms with E-state index < -0.39 is 11.8 Å². The summed E-state index contributed by atoms with van der Waals surface area (Å²) in [6.07, 6.45) is 2.76. The molecule has 2 amide bonds. The van der Waals surface area contributed by atoms with Crippen LogP contribution in [-0.4, -0.2) is 26.6 Å². The number of amides is 2. The van der Waals surface area contributed by atoms with E-state index in [4.69, 9.17) is 0 Å². The molecule has 0 bridgehead atoms. The van der Waals surface area contributed by atoms with Crippen molar-refractivity contribution in [2.75, 3.05) is 0 Å². The first-order valence-electron chi connectivity index (χ1n) is 10.3. The van der Waals surface area contributed by atoms with E-state index in [0.29, 0.717) is 23.0 Å². The molecule has 0 unspecified atom stereocenters. The van der Waals surface area contributed by atoms with E-state index >= 15 is 0 Å². The number of hydrogen-bond acceptors (Lipinski definition) is 4. The predicted octanol–water partition coefficient (Wildman–Crippen LogP) is 3.14. The van der Waals surface area contributed by atoms with Gasteiger partial charge in [0.25, 0.3) is 17.4 Å². The van der Waals surface area contributed by atoms with Crippen LogP contribution in [0.1, 0.15) is 47.2 Å². The number of fused-ring (bicyclic) bond motifs is 2. The van der Waals surface area contributed by atoms with Crippen LogP contribution in [0.2, 0.25) is 0 Å². The van der Waals surface area contributed by atoms with Crippen molar-refractivity contribution in [1.29, 1.82) is 0 Å². The molecule has 4 rings (SSSR count). The van der Waals surface area contributed by atoms with Crippen LogP contribution in [0.15, 0.2) is 59.4 Å². The number of carbonyl (C=O) groups is 2. The Kier molecular flexibility index (Phi) is 5.79. The van der Waals surface area contributed by atoms with Gasteiger partial charge in [-0.05, 0) is 24.6 Å². The molecule has 4 aromatic rings. The van der Waals surface area contributed by atoms with Crippen LogP contribution in [0.3, 0.4) is 0 Å². The lowest BCUT2D eigenvalue weighted by Gasteiger charge is -2.11. The third-order valence-electron chi connectivity index (χ3n) is 5.12. The number of rotatable bonds is 6. The number of benzene rings is 2. The van der Waals surface area contributed by atoms with E-state index in [1.807, 2.05) is 24.3 Å². The van der Waals surface area contributed by atoms with Crippen molar-refractivity contribution >= 4 is 33.5 Å². The maximum atomic E-state index is 12.8. The highest BCUT2D eigenvalue weighted by Crippen LogP contribution is 2.15. The van der Waals surface area contributed by atoms with Gasteiger partial charge in [-0.1, -0.05) is 56.2 Å². The number of para-hydroxylation sites is 1. The smallest absolute Gasteiger partial charge is 0.290 e. The van der Waals surface area contributed by atoms with E-state index in [2.05, 4.69) is 27.9 Å². The Labute approximate surface area is 178 Å². The normalized spacial score (nSPS) is 11.0. The predicted molar refractivity (Wildman–Crippen MR) is 119 cm³/mol. The fraction of sp³-hybridized carbons (Fsp3) is 0.217. The lowest BCUT2D eigenvalue weighted by molar-refractivity contribution is 0.0841. The van der Waals surface area contributed by atoms with E-state index in [1.165, 1.54) is 4.68 Å². The second-order valence-corrected chi connectivity index (χ2v) is 7.31. The molecule has 8 nitrogen and oxygen atoms in total. The van der Waals surface area contributed by atoms with Crippen molar-refractivity contribution in [2.45, 2.75) is 32.7 Å². The van der Waals surface area contributed by atoms with Crippen LogP contribution in [-0.2, 0) is 6.54 Å². The van der Waals surface area contributed by atoms with E-state index in [-0.39, 0.29) is 11.3 Å². The van der Waals surface area contributed by atoms with Crippen molar-refractivity contribution in [3.8, 4) is 0 Å². The van der Waals surface area contributed by atoms with Crippen molar-refractivity contribution in [3.63, 3.8) is 0 Å². The van der Waals surface area contributed by atoms with Gasteiger partial charge in [0.1, 0.15) is 5.69 Å². The zero-order valence-corrected chi connectivity index (χ0v) is 17.1. The van der Waals surface area contributed by atoms with Gasteiger partial charge in [-0.2, -0.15) is 5.10 Å². The number of carbonyl (C=O) groups excluding carboxylic acids is 2. The van der Waals surface area contributed by atoms with Gasteiger partial charge in [0, 0.05) is 22.8 Å². The molecule has 31 heavy (non-hydrogen) atoms. The Morgan fingerprint density at radius 2 is 1.68 bits per heavy atom. The van der Waals surface area contributed by atoms with Gasteiger partial charge >= 0.3 is 0 Å². The second-order valence-electron chi connectivity index (χ2n) is 7.31. The molecule has 2 aromatic carbocycles. The summed E-state index contributed by atoms with van der Waals surface area (Å²) in [6, 6.07) is 16.1. The number of hydrogen-bond donors (Lipinski definition) is 3. The highest BCUT2D eigenvalue weighted by atomic mass is 16.2. The molecule has 2 heterocycles. The van der Waals surface area contributed by atoms with E-state index in [1.54, 1.807) is 30.3 Å². The van der Waals surface area contributed by atoms with Gasteiger partial charge in [0.2, 0.25) is 0 Å². The minimum absolute atomic E-state index is 0.0867. The van der Waals surface area contributed by atoms with Gasteiger partial charge in [0.05, 0.1) is 5.39 Å². The topological polar surface area (TPSA) is 109 Å². The number of H-pyrrole nitrogens is 1. The molecular weight excluding hydrogens is 394 g/mol. The van der Waals surface area contributed by atoms with Crippen molar-refractivity contribution in [1.82, 2.24) is 25.6 Å². The third-order valence-corrected chi connectivity index (χ3v) is 5.12. The van der Waals surface area contributed by atoms with Crippen LogP contribution in [0.25, 0.3) is 21.7 Å². The molecule has 0 radical (unpaired) electrons. The van der Waals surface area contributed by atoms with Crippen LogP contribution in [0.5, 0.6) is 0 Å². The summed E-state index contributed by atoms with van der Waals surface area (Å²) in [7, 11) is 0. The van der Waals surface area contributed by atoms with Crippen molar-refractivity contribution in [2.24, 2.45) is 0 Å². The molecule has 0 saturated heterocycles. The number of aromatic nitrogens is 3. The summed E-state index contributed by atoms with van der Waals surface area (Å²) in [5, 5.41) is 6.04. The zero-order valence-electron chi connectivity index (χ0n) is 17.1. The minimum atomic E-state index is -0.593. The quantitative estimate of drug-likeness (QED) is 0.331. The van der Waals surface area contributed by atoms with Crippen molar-refractivity contribution in [3.05, 3.63) is 76.3 Å². The molecule has 0 fully saturated rings. The van der Waals surface area contributed by atoms with Gasteiger partial charge < -0.3 is 4.98 Å². The number of aryl methyl sites for hydroxylation is 1. The molecular formula is C23H23N5O3. The highest BCUT2D eigenvalue weighted by molar-refractivity contribution is 6.06. The largest absolute Gasteiger partial charge is 0.350 e. The van der Waals surface area contributed by atoms with Crippen LogP contribution in [0.4, 0.5) is 0 Å². The lowest BCUT2D eigenvalue weighted by Crippen LogP contribution is -2.43. The van der Waals surface area contributed by atoms with Gasteiger partial charge in [0.15, 0.2) is 5.69 Å². The SMILES string of the molecule is CCCCCn1nc(C(=O)NNC(=O)c2cc3ccccc3[nH]2)c2ccccc2c1=O. The summed E-state index contributed by atoms with van der Waals surface area (Å²) >= 11 is 0. The molecule has 3 N–H and O–H groups in total. The maximum Gasteiger partial charge on any atom is 0.290 e. The Balaban J connectivity index is 1.57. The van der Waals surface area contributed by atoms with Crippen LogP contribution in [0, 0.1) is 0 Å². The standard InChI is InChI=1S/C23H23N5O3/c1-2-3-8-13-28-23(31)17-11-6-5-10-16(17)20(27-28)22(30)26-25-21(29)19-14-15-9-4-7-12-18(15)24-19/h4-7,9-12,14,24H,2-3,8,13H2,1H3,(H,25,29)(H,26,30). The number of unbranched alkanes of at least 4 members (excludes halogenated alkanes) is 2. The van der Waals surface area contributed by atoms with Gasteiger partial charge in [-0.3, -0.25) is 25.2 Å². The minimum Gasteiger partial charge on any atom is -0.350 e. The molecule has 0 aliphatic rings. The fourth-order valence-corrected chi connectivity index (χ4v) is 3.50. The van der Waals surface area contributed by atoms with E-state index in [9.17, 15) is 14.4 Å². The number of nitrogens with one attached hydrogen (secondary N) is 3. The molecule has 0 aliphatic carbocycles. The van der Waals surface area contributed by atoms with E-state index in [0.717, 1.165) is 30.2 Å². The molecule has 2 aromatic heterocycles. The van der Waals surface area contributed by atoms with Crippen molar-refractivity contribution < 1.29 is 9.59 Å². The van der Waals surface area contributed by atoms with Crippen LogP contribution < -0.4 is 16.4 Å².